The third-order valence-corrected chi connectivity index (χ3v) is 3.29. The molecule has 0 heterocycles. The normalized spacial score (nSPS) is 10.4. The Kier molecular flexibility index (Phi) is 6.80. The van der Waals surface area contributed by atoms with Crippen LogP contribution in [0.5, 0.6) is 0 Å². The number of amides is 2. The van der Waals surface area contributed by atoms with Crippen LogP contribution in [0.15, 0.2) is 58.8 Å². The summed E-state index contributed by atoms with van der Waals surface area (Å²) < 4.78 is 9.36. The summed E-state index contributed by atoms with van der Waals surface area (Å²) in [7, 11) is 0. The molecular weight excluding hydrogens is 376 g/mol. The van der Waals surface area contributed by atoms with E-state index in [1.54, 1.807) is 0 Å². The molecule has 2 rings (SSSR count). The highest BCUT2D eigenvalue weighted by atomic mass is 16.6. The summed E-state index contributed by atoms with van der Waals surface area (Å²) in [5.74, 6) is 0. The highest BCUT2D eigenvalue weighted by Gasteiger charge is 2.15. The van der Waals surface area contributed by atoms with Crippen LogP contribution >= 0.6 is 0 Å². The Morgan fingerprint density at radius 3 is 1.46 bits per heavy atom. The van der Waals surface area contributed by atoms with E-state index in [0.29, 0.717) is 0 Å². The lowest BCUT2D eigenvalue weighted by Gasteiger charge is -2.03. The molecule has 28 heavy (non-hydrogen) atoms. The first kappa shape index (κ1) is 20.1. The van der Waals surface area contributed by atoms with E-state index in [-0.39, 0.29) is 22.5 Å². The fourth-order valence-electron chi connectivity index (χ4n) is 2.04. The van der Waals surface area contributed by atoms with Gasteiger partial charge < -0.3 is 9.47 Å². The van der Waals surface area contributed by atoms with E-state index in [0.717, 1.165) is 0 Å². The standard InChI is InChI=1S/C16H12N4O8/c21-15(27-9-11-5-1-3-7-13(11)19(23)24)17-18-16(22)28-10-12-6-2-4-8-14(12)20(25)26/h1-8H,9-10H2. The van der Waals surface area contributed by atoms with Crippen molar-refractivity contribution in [3.05, 3.63) is 79.9 Å². The molecule has 0 aliphatic carbocycles. The zero-order chi connectivity index (χ0) is 20.5. The highest BCUT2D eigenvalue weighted by Crippen LogP contribution is 2.19. The van der Waals surface area contributed by atoms with E-state index in [4.69, 9.17) is 0 Å². The first-order valence-electron chi connectivity index (χ1n) is 7.58. The molecule has 0 aliphatic rings. The van der Waals surface area contributed by atoms with Crippen molar-refractivity contribution in [3.63, 3.8) is 0 Å². The van der Waals surface area contributed by atoms with Crippen LogP contribution in [0, 0.1) is 20.2 Å². The zero-order valence-corrected chi connectivity index (χ0v) is 14.1. The lowest BCUT2D eigenvalue weighted by atomic mass is 10.2. The van der Waals surface area contributed by atoms with Gasteiger partial charge in [0.2, 0.25) is 0 Å². The lowest BCUT2D eigenvalue weighted by molar-refractivity contribution is -0.386. The van der Waals surface area contributed by atoms with Crippen LogP contribution < -0.4 is 0 Å². The summed E-state index contributed by atoms with van der Waals surface area (Å²) in [6.45, 7) is -0.888. The molecule has 2 amide bonds. The first-order chi connectivity index (χ1) is 13.4. The number of rotatable bonds is 6. The molecule has 12 nitrogen and oxygen atoms in total. The first-order valence-corrected chi connectivity index (χ1v) is 7.58. The monoisotopic (exact) mass is 388 g/mol. The van der Waals surface area contributed by atoms with Crippen molar-refractivity contribution in [2.24, 2.45) is 10.2 Å². The molecule has 0 atom stereocenters. The molecule has 2 aromatic rings. The maximum absolute atomic E-state index is 11.5. The average molecular weight is 388 g/mol. The molecule has 0 bridgehead atoms. The summed E-state index contributed by atoms with van der Waals surface area (Å²) in [6.07, 6.45) is -2.53. The average Bonchev–Trinajstić information content (AvgIpc) is 2.69. The van der Waals surface area contributed by atoms with Gasteiger partial charge in [-0.05, 0) is 12.1 Å². The van der Waals surface area contributed by atoms with E-state index in [1.165, 1.54) is 48.5 Å². The molecule has 0 spiro atoms. The van der Waals surface area contributed by atoms with Crippen LogP contribution in [0.2, 0.25) is 0 Å². The van der Waals surface area contributed by atoms with Crippen molar-refractivity contribution in [1.82, 2.24) is 0 Å². The Morgan fingerprint density at radius 1 is 0.750 bits per heavy atom. The number of benzene rings is 2. The van der Waals surface area contributed by atoms with Crippen molar-refractivity contribution < 1.29 is 28.9 Å². The van der Waals surface area contributed by atoms with E-state index < -0.39 is 35.2 Å². The number of nitro benzene ring substituents is 2. The third kappa shape index (κ3) is 5.66. The second-order valence-corrected chi connectivity index (χ2v) is 5.08. The van der Waals surface area contributed by atoms with E-state index in [1.807, 2.05) is 0 Å². The van der Waals surface area contributed by atoms with Crippen molar-refractivity contribution in [1.29, 1.82) is 0 Å². The molecule has 12 heteroatoms. The van der Waals surface area contributed by atoms with Crippen LogP contribution in [0.3, 0.4) is 0 Å². The van der Waals surface area contributed by atoms with Gasteiger partial charge in [0.1, 0.15) is 13.2 Å². The van der Waals surface area contributed by atoms with Gasteiger partial charge >= 0.3 is 12.2 Å². The molecule has 0 radical (unpaired) electrons. The molecule has 0 N–H and O–H groups in total. The fourth-order valence-corrected chi connectivity index (χ4v) is 2.04. The van der Waals surface area contributed by atoms with Gasteiger partial charge in [-0.3, -0.25) is 20.2 Å². The maximum atomic E-state index is 11.5. The lowest BCUT2D eigenvalue weighted by Crippen LogP contribution is -2.04. The summed E-state index contributed by atoms with van der Waals surface area (Å²) in [4.78, 5) is 43.4. The van der Waals surface area contributed by atoms with Crippen molar-refractivity contribution in [2.75, 3.05) is 0 Å². The van der Waals surface area contributed by atoms with Crippen LogP contribution in [0.4, 0.5) is 21.0 Å². The number of azo groups is 1. The molecule has 0 saturated carbocycles. The number of nitrogens with zero attached hydrogens (tertiary/aromatic N) is 4. The number of carbonyl (C=O) groups is 2. The molecular formula is C16H12N4O8. The minimum absolute atomic E-state index is 0.134. The molecule has 0 unspecified atom stereocenters. The molecule has 144 valence electrons. The van der Waals surface area contributed by atoms with Crippen LogP contribution in [0.25, 0.3) is 0 Å². The quantitative estimate of drug-likeness (QED) is 0.408. The van der Waals surface area contributed by atoms with Crippen molar-refractivity contribution in [3.8, 4) is 0 Å². The SMILES string of the molecule is O=C(N=NC(=O)OCc1ccccc1[N+](=O)[O-])OCc1ccccc1[N+](=O)[O-]. The number of carbonyl (C=O) groups excluding carboxylic acids is 2. The Balaban J connectivity index is 1.87. The zero-order valence-electron chi connectivity index (χ0n) is 14.1. The Morgan fingerprint density at radius 2 is 1.11 bits per heavy atom. The molecule has 0 aliphatic heterocycles. The maximum Gasteiger partial charge on any atom is 0.452 e. The summed E-state index contributed by atoms with van der Waals surface area (Å²) in [5, 5.41) is 27.7. The van der Waals surface area contributed by atoms with E-state index in [2.05, 4.69) is 19.7 Å². The van der Waals surface area contributed by atoms with Gasteiger partial charge in [-0.25, -0.2) is 9.59 Å². The number of hydrogen-bond donors (Lipinski definition) is 0. The van der Waals surface area contributed by atoms with E-state index in [9.17, 15) is 29.8 Å². The Hall–Kier alpha value is -4.22. The smallest absolute Gasteiger partial charge is 0.442 e. The largest absolute Gasteiger partial charge is 0.452 e. The van der Waals surface area contributed by atoms with Crippen molar-refractivity contribution >= 4 is 23.6 Å². The summed E-state index contributed by atoms with van der Waals surface area (Å²) in [6, 6.07) is 11.2. The summed E-state index contributed by atoms with van der Waals surface area (Å²) in [5.41, 5.74) is -0.211. The minimum atomic E-state index is -1.26. The molecule has 0 aromatic heterocycles. The van der Waals surface area contributed by atoms with Gasteiger partial charge in [-0.1, -0.05) is 34.5 Å². The van der Waals surface area contributed by atoms with Crippen molar-refractivity contribution in [2.45, 2.75) is 13.2 Å². The Bertz CT molecular complexity index is 868. The predicted molar refractivity (Wildman–Crippen MR) is 91.4 cm³/mol. The van der Waals surface area contributed by atoms with Gasteiger partial charge in [0, 0.05) is 12.1 Å². The third-order valence-electron chi connectivity index (χ3n) is 3.29. The van der Waals surface area contributed by atoms with Gasteiger partial charge in [0.15, 0.2) is 0 Å². The van der Waals surface area contributed by atoms with Crippen LogP contribution in [-0.4, -0.2) is 22.0 Å². The van der Waals surface area contributed by atoms with Gasteiger partial charge in [0.25, 0.3) is 11.4 Å². The predicted octanol–water partition coefficient (Wildman–Crippen LogP) is 3.93. The van der Waals surface area contributed by atoms with Crippen LogP contribution in [-0.2, 0) is 22.7 Å². The highest BCUT2D eigenvalue weighted by molar-refractivity contribution is 5.73. The number of ether oxygens (including phenoxy) is 2. The molecule has 0 fully saturated rings. The number of nitro groups is 2. The number of hydrogen-bond acceptors (Lipinski definition) is 8. The van der Waals surface area contributed by atoms with E-state index >= 15 is 0 Å². The number of para-hydroxylation sites is 2. The second-order valence-electron chi connectivity index (χ2n) is 5.08. The topological polar surface area (TPSA) is 164 Å². The molecule has 2 aromatic carbocycles. The summed E-state index contributed by atoms with van der Waals surface area (Å²) >= 11 is 0. The fraction of sp³-hybridized carbons (Fsp3) is 0.125. The minimum Gasteiger partial charge on any atom is -0.442 e. The van der Waals surface area contributed by atoms with Crippen LogP contribution in [0.1, 0.15) is 11.1 Å². The second kappa shape index (κ2) is 9.47. The Labute approximate surface area is 156 Å². The van der Waals surface area contributed by atoms with Gasteiger partial charge in [-0.15, -0.1) is 0 Å². The van der Waals surface area contributed by atoms with Gasteiger partial charge in [0.05, 0.1) is 21.0 Å². The van der Waals surface area contributed by atoms with Gasteiger partial charge in [-0.2, -0.15) is 0 Å². The molecule has 0 saturated heterocycles.